The van der Waals surface area contributed by atoms with Gasteiger partial charge < -0.3 is 20.4 Å². The van der Waals surface area contributed by atoms with Crippen LogP contribution in [-0.4, -0.2) is 46.8 Å². The zero-order chi connectivity index (χ0) is 15.4. The van der Waals surface area contributed by atoms with Crippen LogP contribution in [0, 0.1) is 12.8 Å². The van der Waals surface area contributed by atoms with Gasteiger partial charge in [-0.25, -0.2) is 9.59 Å². The molecule has 0 radical (unpaired) electrons. The Morgan fingerprint density at radius 2 is 2.00 bits per heavy atom. The van der Waals surface area contributed by atoms with Gasteiger partial charge in [-0.15, -0.1) is 0 Å². The molecule has 0 unspecified atom stereocenters. The summed E-state index contributed by atoms with van der Waals surface area (Å²) in [6.45, 7) is 3.06. The van der Waals surface area contributed by atoms with E-state index in [1.807, 2.05) is 0 Å². The van der Waals surface area contributed by atoms with Gasteiger partial charge in [-0.1, -0.05) is 12.1 Å². The number of carbonyl (C=O) groups excluding carboxylic acids is 1. The third kappa shape index (κ3) is 3.52. The molecule has 2 rings (SSSR count). The molecule has 21 heavy (non-hydrogen) atoms. The molecule has 3 N–H and O–H groups in total. The van der Waals surface area contributed by atoms with E-state index < -0.39 is 5.97 Å². The van der Waals surface area contributed by atoms with E-state index in [0.29, 0.717) is 24.3 Å². The van der Waals surface area contributed by atoms with Crippen molar-refractivity contribution < 1.29 is 19.8 Å². The molecule has 1 heterocycles. The maximum absolute atomic E-state index is 12.2. The summed E-state index contributed by atoms with van der Waals surface area (Å²) in [5, 5.41) is 21.0. The number of likely N-dealkylation sites (tertiary alicyclic amines) is 1. The third-order valence-electron chi connectivity index (χ3n) is 3.90. The Balaban J connectivity index is 2.08. The molecule has 2 amide bonds. The molecule has 0 saturated carbocycles. The lowest BCUT2D eigenvalue weighted by atomic mass is 9.98. The van der Waals surface area contributed by atoms with Crippen molar-refractivity contribution in [2.45, 2.75) is 19.8 Å². The van der Waals surface area contributed by atoms with Gasteiger partial charge in [-0.3, -0.25) is 0 Å². The highest BCUT2D eigenvalue weighted by Gasteiger charge is 2.23. The number of rotatable bonds is 3. The molecule has 1 aromatic carbocycles. The van der Waals surface area contributed by atoms with E-state index in [1.54, 1.807) is 24.0 Å². The van der Waals surface area contributed by atoms with Gasteiger partial charge in [-0.05, 0) is 37.3 Å². The first kappa shape index (κ1) is 15.3. The molecule has 1 aliphatic heterocycles. The first-order valence-electron chi connectivity index (χ1n) is 7.02. The first-order chi connectivity index (χ1) is 10.0. The van der Waals surface area contributed by atoms with Gasteiger partial charge in [0.25, 0.3) is 0 Å². The van der Waals surface area contributed by atoms with Crippen LogP contribution >= 0.6 is 0 Å². The predicted molar refractivity (Wildman–Crippen MR) is 78.5 cm³/mol. The van der Waals surface area contributed by atoms with E-state index in [1.165, 1.54) is 6.07 Å². The molecule has 1 aromatic rings. The molecular weight excluding hydrogens is 272 g/mol. The van der Waals surface area contributed by atoms with E-state index in [4.69, 9.17) is 5.11 Å². The average molecular weight is 292 g/mol. The summed E-state index contributed by atoms with van der Waals surface area (Å²) < 4.78 is 0. The van der Waals surface area contributed by atoms with Gasteiger partial charge in [-0.2, -0.15) is 0 Å². The largest absolute Gasteiger partial charge is 0.478 e. The summed E-state index contributed by atoms with van der Waals surface area (Å²) in [7, 11) is 0. The molecule has 0 aliphatic carbocycles. The van der Waals surface area contributed by atoms with Crippen molar-refractivity contribution in [2.75, 3.05) is 25.0 Å². The number of carboxylic acid groups (broad SMARTS) is 1. The number of amides is 2. The van der Waals surface area contributed by atoms with E-state index >= 15 is 0 Å². The number of nitrogens with zero attached hydrogens (tertiary/aromatic N) is 1. The molecule has 0 bridgehead atoms. The normalized spacial score (nSPS) is 15.8. The number of aliphatic hydroxyl groups excluding tert-OH is 1. The minimum Gasteiger partial charge on any atom is -0.478 e. The van der Waals surface area contributed by atoms with Crippen LogP contribution in [0.2, 0.25) is 0 Å². The number of hydrogen-bond acceptors (Lipinski definition) is 3. The number of piperidine rings is 1. The van der Waals surface area contributed by atoms with Crippen LogP contribution in [0.15, 0.2) is 18.2 Å². The summed E-state index contributed by atoms with van der Waals surface area (Å²) >= 11 is 0. The third-order valence-corrected chi connectivity index (χ3v) is 3.90. The molecule has 1 aliphatic rings. The Morgan fingerprint density at radius 1 is 1.33 bits per heavy atom. The number of hydrogen-bond donors (Lipinski definition) is 3. The van der Waals surface area contributed by atoms with Crippen LogP contribution < -0.4 is 5.32 Å². The van der Waals surface area contributed by atoms with E-state index in [9.17, 15) is 14.7 Å². The zero-order valence-corrected chi connectivity index (χ0v) is 12.0. The maximum Gasteiger partial charge on any atom is 0.337 e. The highest BCUT2D eigenvalue weighted by atomic mass is 16.4. The average Bonchev–Trinajstić information content (AvgIpc) is 2.49. The van der Waals surface area contributed by atoms with Crippen molar-refractivity contribution in [2.24, 2.45) is 5.92 Å². The van der Waals surface area contributed by atoms with Gasteiger partial charge in [0.2, 0.25) is 0 Å². The first-order valence-corrected chi connectivity index (χ1v) is 7.02. The summed E-state index contributed by atoms with van der Waals surface area (Å²) in [6.07, 6.45) is 1.53. The van der Waals surface area contributed by atoms with Crippen molar-refractivity contribution in [1.29, 1.82) is 0 Å². The fraction of sp³-hybridized carbons (Fsp3) is 0.467. The topological polar surface area (TPSA) is 89.9 Å². The molecule has 114 valence electrons. The number of carbonyl (C=O) groups is 2. The number of carboxylic acids is 1. The highest BCUT2D eigenvalue weighted by molar-refractivity contribution is 6.01. The smallest absolute Gasteiger partial charge is 0.337 e. The van der Waals surface area contributed by atoms with Gasteiger partial charge in [0.15, 0.2) is 0 Å². The van der Waals surface area contributed by atoms with Crippen LogP contribution in [0.1, 0.15) is 28.8 Å². The molecule has 0 atom stereocenters. The van der Waals surface area contributed by atoms with Crippen molar-refractivity contribution in [3.63, 3.8) is 0 Å². The Morgan fingerprint density at radius 3 is 2.57 bits per heavy atom. The zero-order valence-electron chi connectivity index (χ0n) is 12.0. The molecule has 0 spiro atoms. The lowest BCUT2D eigenvalue weighted by molar-refractivity contribution is 0.0698. The van der Waals surface area contributed by atoms with E-state index in [0.717, 1.165) is 12.8 Å². The lowest BCUT2D eigenvalue weighted by Gasteiger charge is -2.31. The predicted octanol–water partition coefficient (Wildman–Crippen LogP) is 1.93. The van der Waals surface area contributed by atoms with Gasteiger partial charge >= 0.3 is 12.0 Å². The van der Waals surface area contributed by atoms with Crippen LogP contribution in [0.5, 0.6) is 0 Å². The molecule has 1 fully saturated rings. The van der Waals surface area contributed by atoms with Crippen molar-refractivity contribution >= 4 is 17.7 Å². The van der Waals surface area contributed by atoms with Crippen molar-refractivity contribution in [3.05, 3.63) is 29.3 Å². The SMILES string of the molecule is Cc1cccc(C(=O)O)c1NC(=O)N1CCC(CO)CC1. The number of para-hydroxylation sites is 1. The summed E-state index contributed by atoms with van der Waals surface area (Å²) in [5.74, 6) is -0.810. The Kier molecular flexibility index (Phi) is 4.80. The number of aliphatic hydroxyl groups is 1. The number of anilines is 1. The second-order valence-electron chi connectivity index (χ2n) is 5.35. The maximum atomic E-state index is 12.2. The summed E-state index contributed by atoms with van der Waals surface area (Å²) in [5.41, 5.74) is 1.15. The van der Waals surface area contributed by atoms with Crippen LogP contribution in [0.25, 0.3) is 0 Å². The van der Waals surface area contributed by atoms with E-state index in [-0.39, 0.29) is 24.1 Å². The number of urea groups is 1. The van der Waals surface area contributed by atoms with E-state index in [2.05, 4.69) is 5.32 Å². The van der Waals surface area contributed by atoms with Crippen LogP contribution in [0.4, 0.5) is 10.5 Å². The highest BCUT2D eigenvalue weighted by Crippen LogP contribution is 2.22. The van der Waals surface area contributed by atoms with Crippen LogP contribution in [-0.2, 0) is 0 Å². The second-order valence-corrected chi connectivity index (χ2v) is 5.35. The minimum absolute atomic E-state index is 0.0913. The Bertz CT molecular complexity index is 536. The number of aromatic carboxylic acids is 1. The second kappa shape index (κ2) is 6.58. The summed E-state index contributed by atoms with van der Waals surface area (Å²) in [4.78, 5) is 25.1. The Labute approximate surface area is 123 Å². The lowest BCUT2D eigenvalue weighted by Crippen LogP contribution is -2.41. The van der Waals surface area contributed by atoms with Crippen molar-refractivity contribution in [1.82, 2.24) is 4.90 Å². The fourth-order valence-electron chi connectivity index (χ4n) is 2.52. The minimum atomic E-state index is -1.06. The van der Waals surface area contributed by atoms with Gasteiger partial charge in [0.1, 0.15) is 0 Å². The standard InChI is InChI=1S/C15H20N2O4/c1-10-3-2-4-12(14(19)20)13(10)16-15(21)17-7-5-11(9-18)6-8-17/h2-4,11,18H,5-9H2,1H3,(H,16,21)(H,19,20). The monoisotopic (exact) mass is 292 g/mol. The quantitative estimate of drug-likeness (QED) is 0.794. The van der Waals surface area contributed by atoms with Crippen molar-refractivity contribution in [3.8, 4) is 0 Å². The fourth-order valence-corrected chi connectivity index (χ4v) is 2.52. The number of nitrogens with one attached hydrogen (secondary N) is 1. The number of aryl methyl sites for hydroxylation is 1. The van der Waals surface area contributed by atoms with Crippen LogP contribution in [0.3, 0.4) is 0 Å². The van der Waals surface area contributed by atoms with Gasteiger partial charge in [0.05, 0.1) is 11.3 Å². The molecule has 0 aromatic heterocycles. The van der Waals surface area contributed by atoms with Gasteiger partial charge in [0, 0.05) is 19.7 Å². The summed E-state index contributed by atoms with van der Waals surface area (Å²) in [6, 6.07) is 4.60. The number of benzene rings is 1. The molecular formula is C15H20N2O4. The molecule has 6 heteroatoms. The molecule has 6 nitrogen and oxygen atoms in total. The molecule has 1 saturated heterocycles. The Hall–Kier alpha value is -2.08.